The molecule has 1 aliphatic heterocycles. The van der Waals surface area contributed by atoms with Gasteiger partial charge in [0.1, 0.15) is 5.58 Å². The molecule has 1 fully saturated rings. The molecule has 1 amide bonds. The van der Waals surface area contributed by atoms with Crippen LogP contribution in [0.25, 0.3) is 11.0 Å². The lowest BCUT2D eigenvalue weighted by atomic mass is 9.79. The highest BCUT2D eigenvalue weighted by atomic mass is 35.5. The third-order valence-electron chi connectivity index (χ3n) is 4.69. The maximum atomic E-state index is 12.8. The van der Waals surface area contributed by atoms with Gasteiger partial charge in [0.2, 0.25) is 0 Å². The average Bonchev–Trinajstić information content (AvgIpc) is 2.78. The van der Waals surface area contributed by atoms with E-state index >= 15 is 0 Å². The van der Waals surface area contributed by atoms with Gasteiger partial charge in [-0.25, -0.2) is 0 Å². The van der Waals surface area contributed by atoms with Crippen LogP contribution in [-0.2, 0) is 0 Å². The number of carbonyl (C=O) groups is 1. The first kappa shape index (κ1) is 18.1. The lowest BCUT2D eigenvalue weighted by Crippen LogP contribution is -2.54. The van der Waals surface area contributed by atoms with E-state index in [2.05, 4.69) is 13.8 Å². The molecule has 0 bridgehead atoms. The number of piperidine rings is 1. The van der Waals surface area contributed by atoms with Crippen LogP contribution in [0.1, 0.15) is 36.4 Å². The molecule has 6 heteroatoms. The molecule has 1 unspecified atom stereocenters. The van der Waals surface area contributed by atoms with Crippen molar-refractivity contribution in [2.45, 2.75) is 33.2 Å². The van der Waals surface area contributed by atoms with Crippen molar-refractivity contribution in [1.29, 1.82) is 0 Å². The molecule has 0 aliphatic carbocycles. The largest absolute Gasteiger partial charge is 0.451 e. The first-order valence-electron chi connectivity index (χ1n) is 7.53. The second kappa shape index (κ2) is 6.34. The Bertz CT molecular complexity index is 740. The Balaban J connectivity index is 0.00000192. The van der Waals surface area contributed by atoms with E-state index in [1.54, 1.807) is 12.1 Å². The number of halogens is 2. The van der Waals surface area contributed by atoms with Gasteiger partial charge in [0.15, 0.2) is 5.76 Å². The second-order valence-electron chi connectivity index (χ2n) is 6.81. The summed E-state index contributed by atoms with van der Waals surface area (Å²) in [5, 5.41) is 1.53. The number of nitrogens with two attached hydrogens (primary N) is 1. The summed E-state index contributed by atoms with van der Waals surface area (Å²) in [6, 6.07) is 5.52. The highest BCUT2D eigenvalue weighted by molar-refractivity contribution is 6.31. The molecule has 2 N–H and O–H groups in total. The van der Waals surface area contributed by atoms with E-state index in [4.69, 9.17) is 21.8 Å². The lowest BCUT2D eigenvalue weighted by Gasteiger charge is -2.42. The van der Waals surface area contributed by atoms with Crippen molar-refractivity contribution in [3.63, 3.8) is 0 Å². The third kappa shape index (κ3) is 3.21. The number of hydrogen-bond acceptors (Lipinski definition) is 3. The number of likely N-dealkylation sites (tertiary alicyclic amines) is 1. The SMILES string of the molecule is Cc1c(C(=O)N2CCC(N)C(C)(C)C2)oc2ccc(Cl)cc12.Cl. The van der Waals surface area contributed by atoms with Gasteiger partial charge in [-0.1, -0.05) is 25.4 Å². The maximum Gasteiger partial charge on any atom is 0.289 e. The third-order valence-corrected chi connectivity index (χ3v) is 4.93. The summed E-state index contributed by atoms with van der Waals surface area (Å²) < 4.78 is 5.78. The van der Waals surface area contributed by atoms with Crippen LogP contribution in [0.4, 0.5) is 0 Å². The molecule has 23 heavy (non-hydrogen) atoms. The standard InChI is InChI=1S/C17H21ClN2O2.ClH/c1-10-12-8-11(18)4-5-13(12)22-15(10)16(21)20-7-6-14(19)17(2,3)9-20;/h4-5,8,14H,6-7,9,19H2,1-3H3;1H. The van der Waals surface area contributed by atoms with E-state index in [9.17, 15) is 4.79 Å². The summed E-state index contributed by atoms with van der Waals surface area (Å²) in [7, 11) is 0. The quantitative estimate of drug-likeness (QED) is 0.839. The zero-order valence-electron chi connectivity index (χ0n) is 13.6. The number of aryl methyl sites for hydroxylation is 1. The molecule has 1 aromatic carbocycles. The summed E-state index contributed by atoms with van der Waals surface area (Å²) >= 11 is 6.03. The van der Waals surface area contributed by atoms with Crippen molar-refractivity contribution < 1.29 is 9.21 Å². The predicted molar refractivity (Wildman–Crippen MR) is 95.5 cm³/mol. The molecule has 1 aromatic heterocycles. The van der Waals surface area contributed by atoms with E-state index < -0.39 is 0 Å². The number of fused-ring (bicyclic) bond motifs is 1. The van der Waals surface area contributed by atoms with Crippen LogP contribution in [0, 0.1) is 12.3 Å². The summed E-state index contributed by atoms with van der Waals surface area (Å²) in [5.41, 5.74) is 7.59. The molecule has 0 saturated carbocycles. The van der Waals surface area contributed by atoms with E-state index in [0.29, 0.717) is 29.5 Å². The molecule has 3 rings (SSSR count). The summed E-state index contributed by atoms with van der Waals surface area (Å²) in [6.45, 7) is 7.41. The Kier molecular flexibility index (Phi) is 5.00. The van der Waals surface area contributed by atoms with Gasteiger partial charge in [0.25, 0.3) is 5.91 Å². The number of benzene rings is 1. The number of rotatable bonds is 1. The molecule has 126 valence electrons. The van der Waals surface area contributed by atoms with Gasteiger partial charge in [-0.05, 0) is 37.0 Å². The van der Waals surface area contributed by atoms with Gasteiger partial charge in [0.05, 0.1) is 0 Å². The van der Waals surface area contributed by atoms with E-state index in [1.807, 2.05) is 17.9 Å². The van der Waals surface area contributed by atoms with Crippen LogP contribution < -0.4 is 5.73 Å². The summed E-state index contributed by atoms with van der Waals surface area (Å²) in [6.07, 6.45) is 0.809. The second-order valence-corrected chi connectivity index (χ2v) is 7.24. The first-order valence-corrected chi connectivity index (χ1v) is 7.91. The molecule has 0 spiro atoms. The fourth-order valence-corrected chi connectivity index (χ4v) is 3.26. The Morgan fingerprint density at radius 2 is 2.13 bits per heavy atom. The Morgan fingerprint density at radius 3 is 2.78 bits per heavy atom. The molecular weight excluding hydrogens is 335 g/mol. The van der Waals surface area contributed by atoms with Crippen molar-refractivity contribution >= 4 is 40.9 Å². The summed E-state index contributed by atoms with van der Waals surface area (Å²) in [5.74, 6) is 0.341. The number of furan rings is 1. The van der Waals surface area contributed by atoms with Crippen molar-refractivity contribution in [2.24, 2.45) is 11.1 Å². The Morgan fingerprint density at radius 1 is 1.43 bits per heavy atom. The first-order chi connectivity index (χ1) is 10.3. The van der Waals surface area contributed by atoms with Crippen molar-refractivity contribution in [1.82, 2.24) is 4.90 Å². The number of amides is 1. The minimum atomic E-state index is -0.0862. The Labute approximate surface area is 147 Å². The molecule has 4 nitrogen and oxygen atoms in total. The predicted octanol–water partition coefficient (Wildman–Crippen LogP) is 4.02. The van der Waals surface area contributed by atoms with Crippen LogP contribution in [-0.4, -0.2) is 29.9 Å². The molecular formula is C17H22Cl2N2O2. The van der Waals surface area contributed by atoms with Crippen LogP contribution in [0.5, 0.6) is 0 Å². The normalized spacial score (nSPS) is 20.4. The van der Waals surface area contributed by atoms with Crippen LogP contribution in [0.15, 0.2) is 22.6 Å². The van der Waals surface area contributed by atoms with E-state index in [0.717, 1.165) is 17.4 Å². The highest BCUT2D eigenvalue weighted by Crippen LogP contribution is 2.32. The molecule has 0 radical (unpaired) electrons. The van der Waals surface area contributed by atoms with Gasteiger partial charge < -0.3 is 15.1 Å². The Hall–Kier alpha value is -1.23. The molecule has 2 aromatic rings. The van der Waals surface area contributed by atoms with Gasteiger partial charge in [0, 0.05) is 35.1 Å². The fourth-order valence-electron chi connectivity index (χ4n) is 3.09. The van der Waals surface area contributed by atoms with Crippen LogP contribution in [0.2, 0.25) is 5.02 Å². The van der Waals surface area contributed by atoms with E-state index in [1.165, 1.54) is 0 Å². The zero-order chi connectivity index (χ0) is 16.1. The van der Waals surface area contributed by atoms with Gasteiger partial charge >= 0.3 is 0 Å². The molecule has 1 saturated heterocycles. The average molecular weight is 357 g/mol. The lowest BCUT2D eigenvalue weighted by molar-refractivity contribution is 0.0504. The number of nitrogens with zero attached hydrogens (tertiary/aromatic N) is 1. The van der Waals surface area contributed by atoms with Crippen molar-refractivity contribution in [3.05, 3.63) is 34.5 Å². The fraction of sp³-hybridized carbons (Fsp3) is 0.471. The number of carbonyl (C=O) groups excluding carboxylic acids is 1. The van der Waals surface area contributed by atoms with Gasteiger partial charge in [-0.15, -0.1) is 12.4 Å². The van der Waals surface area contributed by atoms with E-state index in [-0.39, 0.29) is 29.8 Å². The minimum Gasteiger partial charge on any atom is -0.451 e. The van der Waals surface area contributed by atoms with Crippen molar-refractivity contribution in [3.8, 4) is 0 Å². The molecule has 1 aliphatic rings. The highest BCUT2D eigenvalue weighted by Gasteiger charge is 2.36. The smallest absolute Gasteiger partial charge is 0.289 e. The monoisotopic (exact) mass is 356 g/mol. The van der Waals surface area contributed by atoms with Gasteiger partial charge in [-0.3, -0.25) is 4.79 Å². The molecule has 1 atom stereocenters. The van der Waals surface area contributed by atoms with Crippen LogP contribution >= 0.6 is 24.0 Å². The van der Waals surface area contributed by atoms with Gasteiger partial charge in [-0.2, -0.15) is 0 Å². The summed E-state index contributed by atoms with van der Waals surface area (Å²) in [4.78, 5) is 14.7. The zero-order valence-corrected chi connectivity index (χ0v) is 15.1. The molecule has 2 heterocycles. The minimum absolute atomic E-state index is 0. The maximum absolute atomic E-state index is 12.8. The topological polar surface area (TPSA) is 59.5 Å². The van der Waals surface area contributed by atoms with Crippen LogP contribution in [0.3, 0.4) is 0 Å². The number of hydrogen-bond donors (Lipinski definition) is 1. The van der Waals surface area contributed by atoms with Crippen molar-refractivity contribution in [2.75, 3.05) is 13.1 Å².